The fraction of sp³-hybridized carbons (Fsp3) is 0.167. The molecule has 0 saturated carbocycles. The summed E-state index contributed by atoms with van der Waals surface area (Å²) in [6.07, 6.45) is 7.00. The Labute approximate surface area is 262 Å². The summed E-state index contributed by atoms with van der Waals surface area (Å²) in [6, 6.07) is 28.9. The number of fused-ring (bicyclic) bond motifs is 1. The van der Waals surface area contributed by atoms with E-state index in [4.69, 9.17) is 0 Å². The summed E-state index contributed by atoms with van der Waals surface area (Å²) in [7, 11) is 0. The zero-order valence-corrected chi connectivity index (χ0v) is 27.5. The molecule has 41 heavy (non-hydrogen) atoms. The molecule has 2 nitrogen and oxygen atoms in total. The van der Waals surface area contributed by atoms with Crippen molar-refractivity contribution in [2.75, 3.05) is 0 Å². The van der Waals surface area contributed by atoms with Gasteiger partial charge in [0.1, 0.15) is 0 Å². The van der Waals surface area contributed by atoms with Gasteiger partial charge in [0.15, 0.2) is 0 Å². The molecule has 0 radical (unpaired) electrons. The minimum atomic E-state index is -0.295. The van der Waals surface area contributed by atoms with Crippen LogP contribution in [0, 0.1) is 45.6 Å². The third-order valence-electron chi connectivity index (χ3n) is 7.50. The van der Waals surface area contributed by atoms with Crippen LogP contribution in [0.4, 0.5) is 0 Å². The van der Waals surface area contributed by atoms with Crippen LogP contribution < -0.4 is 24.8 Å². The van der Waals surface area contributed by atoms with Crippen molar-refractivity contribution in [3.05, 3.63) is 151 Å². The molecule has 0 N–H and O–H groups in total. The molecule has 210 valence electrons. The monoisotopic (exact) mass is 666 g/mol. The molecule has 0 saturated heterocycles. The van der Waals surface area contributed by atoms with Gasteiger partial charge >= 0.3 is 239 Å². The molecule has 6 rings (SSSR count). The molecule has 0 aliphatic heterocycles. The van der Waals surface area contributed by atoms with Crippen molar-refractivity contribution in [1.29, 1.82) is 0 Å². The Morgan fingerprint density at radius 2 is 0.976 bits per heavy atom. The van der Waals surface area contributed by atoms with Gasteiger partial charge in [-0.25, -0.2) is 0 Å². The Hall–Kier alpha value is -3.10. The van der Waals surface area contributed by atoms with Crippen LogP contribution in [0.3, 0.4) is 0 Å². The third-order valence-corrected chi connectivity index (χ3v) is 9.91. The van der Waals surface area contributed by atoms with Crippen molar-refractivity contribution in [2.24, 2.45) is 0 Å². The van der Waals surface area contributed by atoms with Gasteiger partial charge in [0.05, 0.1) is 0 Å². The van der Waals surface area contributed by atoms with Crippen LogP contribution >= 0.6 is 0 Å². The van der Waals surface area contributed by atoms with E-state index < -0.39 is 0 Å². The van der Waals surface area contributed by atoms with Crippen molar-refractivity contribution >= 4 is 9.68 Å². The average Bonchev–Trinajstić information content (AvgIpc) is 3.46. The molecule has 5 heteroatoms. The quantitative estimate of drug-likeness (QED) is 0.262. The van der Waals surface area contributed by atoms with Gasteiger partial charge in [-0.2, -0.15) is 0 Å². The van der Waals surface area contributed by atoms with Gasteiger partial charge < -0.3 is 24.8 Å². The van der Waals surface area contributed by atoms with Crippen LogP contribution in [-0.2, 0) is 16.2 Å². The van der Waals surface area contributed by atoms with Gasteiger partial charge in [-0.15, -0.1) is 0 Å². The second-order valence-corrected chi connectivity index (χ2v) is 12.8. The molecular formula is C36H34Cl2N2Ru. The van der Waals surface area contributed by atoms with Crippen molar-refractivity contribution in [3.8, 4) is 11.4 Å². The Morgan fingerprint density at radius 1 is 0.537 bits per heavy atom. The summed E-state index contributed by atoms with van der Waals surface area (Å²) in [4.78, 5) is 0. The second-order valence-electron chi connectivity index (χ2n) is 10.7. The van der Waals surface area contributed by atoms with Crippen molar-refractivity contribution in [2.45, 2.75) is 41.5 Å². The number of halogens is 2. The first-order valence-corrected chi connectivity index (χ1v) is 15.2. The Kier molecular flexibility index (Phi) is 9.34. The van der Waals surface area contributed by atoms with E-state index in [1.165, 1.54) is 75.1 Å². The zero-order valence-electron chi connectivity index (χ0n) is 24.2. The predicted molar refractivity (Wildman–Crippen MR) is 161 cm³/mol. The van der Waals surface area contributed by atoms with Gasteiger partial charge in [-0.05, 0) is 0 Å². The summed E-state index contributed by atoms with van der Waals surface area (Å²) in [5.41, 5.74) is 15.8. The number of rotatable bonds is 3. The molecule has 1 aliphatic rings. The molecule has 0 unspecified atom stereocenters. The topological polar surface area (TPSA) is 9.86 Å². The molecule has 1 aromatic heterocycles. The number of hydrogen-bond donors (Lipinski definition) is 0. The molecule has 0 atom stereocenters. The molecular weight excluding hydrogens is 632 g/mol. The van der Waals surface area contributed by atoms with Crippen molar-refractivity contribution < 1.29 is 41.0 Å². The van der Waals surface area contributed by atoms with Crippen molar-refractivity contribution in [1.82, 2.24) is 9.13 Å². The first kappa shape index (κ1) is 30.9. The average molecular weight is 667 g/mol. The molecule has 5 aromatic rings. The molecule has 4 aromatic carbocycles. The van der Waals surface area contributed by atoms with E-state index in [9.17, 15) is 0 Å². The van der Waals surface area contributed by atoms with E-state index in [0.29, 0.717) is 0 Å². The van der Waals surface area contributed by atoms with E-state index in [1.54, 1.807) is 0 Å². The van der Waals surface area contributed by atoms with E-state index in [-0.39, 0.29) is 41.0 Å². The maximum atomic E-state index is 2.46. The first-order valence-electron chi connectivity index (χ1n) is 13.5. The number of aryl methyl sites for hydroxylation is 6. The van der Waals surface area contributed by atoms with Crippen molar-refractivity contribution in [3.63, 3.8) is 0 Å². The SMILES string of the molecule is Cc1cc(C)c(-n2ccn(-c3c(C)cc(C)cc3C)[c]2=[Ru+2]=[C]2C=C(c3ccccc3)c3ccccc32)c(C)c1.[Cl-].[Cl-]. The number of imidazole rings is 1. The van der Waals surface area contributed by atoms with Crippen LogP contribution in [0.15, 0.2) is 97.3 Å². The van der Waals surface area contributed by atoms with Gasteiger partial charge in [-0.3, -0.25) is 0 Å². The summed E-state index contributed by atoms with van der Waals surface area (Å²) >= 11 is -0.295. The largest absolute Gasteiger partial charge is 1.00 e. The number of hydrogen-bond acceptors (Lipinski definition) is 0. The maximum absolute atomic E-state index is 2.46. The first-order chi connectivity index (χ1) is 18.8. The summed E-state index contributed by atoms with van der Waals surface area (Å²) in [5, 5.41) is 0. The number of aromatic nitrogens is 2. The molecule has 1 heterocycles. The zero-order chi connectivity index (χ0) is 27.3. The fourth-order valence-electron chi connectivity index (χ4n) is 6.10. The Balaban J connectivity index is 0.00000194. The minimum absolute atomic E-state index is 0. The Bertz CT molecular complexity index is 1780. The maximum Gasteiger partial charge on any atom is -1.00 e. The summed E-state index contributed by atoms with van der Waals surface area (Å²) in [6.45, 7) is 13.3. The van der Waals surface area contributed by atoms with E-state index in [0.717, 1.165) is 0 Å². The van der Waals surface area contributed by atoms with Gasteiger partial charge in [0.2, 0.25) is 0 Å². The van der Waals surface area contributed by atoms with Crippen LogP contribution in [0.5, 0.6) is 0 Å². The number of allylic oxidation sites excluding steroid dienone is 1. The molecule has 0 fully saturated rings. The van der Waals surface area contributed by atoms with Crippen LogP contribution in [0.1, 0.15) is 50.1 Å². The summed E-state index contributed by atoms with van der Waals surface area (Å²) < 4.78 is 7.72. The standard InChI is InChI=1S/C21H24N2.C15H10.2ClH.Ru/c1-14-9-16(3)20(17(4)10-14)22-7-8-23(13-22)21-18(5)11-15(2)12-19(21)6;1-2-6-12(7-3-1)15-11-10-13-8-4-5-9-14(13)15;;;/h7-12H,1-6H3;1-9,11H;2*1H;/q;;;;+2/p-2. The molecule has 0 bridgehead atoms. The van der Waals surface area contributed by atoms with E-state index >= 15 is 0 Å². The fourth-order valence-corrected chi connectivity index (χ4v) is 8.58. The van der Waals surface area contributed by atoms with Gasteiger partial charge in [-0.1, -0.05) is 0 Å². The third kappa shape index (κ3) is 5.69. The van der Waals surface area contributed by atoms with Crippen LogP contribution in [0.25, 0.3) is 16.9 Å². The minimum Gasteiger partial charge on any atom is -1.00 e. The normalized spacial score (nSPS) is 11.9. The van der Waals surface area contributed by atoms with Gasteiger partial charge in [0.25, 0.3) is 0 Å². The van der Waals surface area contributed by atoms with Crippen LogP contribution in [-0.4, -0.2) is 13.2 Å². The van der Waals surface area contributed by atoms with Gasteiger partial charge in [0, 0.05) is 0 Å². The molecule has 0 amide bonds. The molecule has 0 spiro atoms. The van der Waals surface area contributed by atoms with Crippen LogP contribution in [0.2, 0.25) is 0 Å². The Morgan fingerprint density at radius 3 is 1.46 bits per heavy atom. The predicted octanol–water partition coefficient (Wildman–Crippen LogP) is 2.41. The number of nitrogens with zero attached hydrogens (tertiary/aromatic N) is 2. The molecule has 1 aliphatic carbocycles. The van der Waals surface area contributed by atoms with E-state index in [2.05, 4.69) is 148 Å². The smallest absolute Gasteiger partial charge is 1.00 e. The summed E-state index contributed by atoms with van der Waals surface area (Å²) in [5.74, 6) is 0. The number of benzene rings is 4. The van der Waals surface area contributed by atoms with E-state index in [1.807, 2.05) is 0 Å². The second kappa shape index (κ2) is 12.4.